The molecule has 0 radical (unpaired) electrons. The first-order chi connectivity index (χ1) is 15.0. The van der Waals surface area contributed by atoms with Gasteiger partial charge in [0.2, 0.25) is 0 Å². The lowest BCUT2D eigenvalue weighted by Gasteiger charge is -2.57. The molecule has 2 heterocycles. The Balaban J connectivity index is 1.12. The number of carbonyl (C=O) groups excluding carboxylic acids is 1. The van der Waals surface area contributed by atoms with Gasteiger partial charge in [-0.15, -0.1) is 0 Å². The van der Waals surface area contributed by atoms with Gasteiger partial charge in [-0.25, -0.2) is 5.10 Å². The number of hydrogen-bond donors (Lipinski definition) is 2. The standard InChI is InChI=1S/C25H24N4O2/c1-29-20-9-5-2-6-15(20)10-21(29)24(31)26-17-13-25(14-17)11-16(12-25)22-18-7-3-4-8-19(18)23(30)28-27-22/h2-10,16-17H,11-14H2,1H3,(H,26,31)(H,28,30). The molecule has 2 saturated carbocycles. The minimum atomic E-state index is -0.131. The minimum Gasteiger partial charge on any atom is -0.348 e. The molecule has 6 nitrogen and oxygen atoms in total. The maximum atomic E-state index is 12.8. The van der Waals surface area contributed by atoms with Crippen LogP contribution in [-0.2, 0) is 7.05 Å². The van der Waals surface area contributed by atoms with Gasteiger partial charge in [-0.2, -0.15) is 5.10 Å². The van der Waals surface area contributed by atoms with Gasteiger partial charge in [0, 0.05) is 35.3 Å². The van der Waals surface area contributed by atoms with Crippen molar-refractivity contribution < 1.29 is 4.79 Å². The van der Waals surface area contributed by atoms with Crippen molar-refractivity contribution in [2.45, 2.75) is 37.6 Å². The molecule has 4 aromatic rings. The Bertz CT molecular complexity index is 1390. The smallest absolute Gasteiger partial charge is 0.272 e. The number of nitrogens with one attached hydrogen (secondary N) is 2. The van der Waals surface area contributed by atoms with E-state index in [0.29, 0.717) is 22.4 Å². The summed E-state index contributed by atoms with van der Waals surface area (Å²) < 4.78 is 1.96. The predicted octanol–water partition coefficient (Wildman–Crippen LogP) is 3.87. The summed E-state index contributed by atoms with van der Waals surface area (Å²) in [7, 11) is 1.94. The summed E-state index contributed by atoms with van der Waals surface area (Å²) >= 11 is 0. The van der Waals surface area contributed by atoms with Crippen molar-refractivity contribution in [3.8, 4) is 0 Å². The van der Waals surface area contributed by atoms with Crippen molar-refractivity contribution >= 4 is 27.6 Å². The number of carbonyl (C=O) groups is 1. The molecular formula is C25H24N4O2. The lowest BCUT2D eigenvalue weighted by atomic mass is 9.49. The van der Waals surface area contributed by atoms with E-state index in [2.05, 4.69) is 15.5 Å². The Morgan fingerprint density at radius 3 is 2.55 bits per heavy atom. The average molecular weight is 412 g/mol. The van der Waals surface area contributed by atoms with Crippen LogP contribution in [0.3, 0.4) is 0 Å². The summed E-state index contributed by atoms with van der Waals surface area (Å²) in [5.41, 5.74) is 2.95. The summed E-state index contributed by atoms with van der Waals surface area (Å²) in [5.74, 6) is 0.374. The number of nitrogens with zero attached hydrogens (tertiary/aromatic N) is 2. The number of aromatic amines is 1. The zero-order chi connectivity index (χ0) is 21.2. The average Bonchev–Trinajstić information content (AvgIpc) is 3.07. The van der Waals surface area contributed by atoms with Gasteiger partial charge < -0.3 is 9.88 Å². The lowest BCUT2D eigenvalue weighted by Crippen LogP contribution is -2.55. The molecule has 0 saturated heterocycles. The SMILES string of the molecule is Cn1c(C(=O)NC2CC3(C2)CC(c2n[nH]c(=O)c4ccccc24)C3)cc2ccccc21. The van der Waals surface area contributed by atoms with Gasteiger partial charge in [0.15, 0.2) is 0 Å². The van der Waals surface area contributed by atoms with Crippen LogP contribution in [0.5, 0.6) is 0 Å². The number of fused-ring (bicyclic) bond motifs is 2. The Morgan fingerprint density at radius 2 is 1.77 bits per heavy atom. The highest BCUT2D eigenvalue weighted by molar-refractivity contribution is 5.98. The van der Waals surface area contributed by atoms with Crippen LogP contribution < -0.4 is 10.9 Å². The first kappa shape index (κ1) is 18.4. The van der Waals surface area contributed by atoms with Gasteiger partial charge in [-0.05, 0) is 49.3 Å². The van der Waals surface area contributed by atoms with Crippen LogP contribution in [0.25, 0.3) is 21.7 Å². The number of H-pyrrole nitrogens is 1. The van der Waals surface area contributed by atoms with Gasteiger partial charge in [0.1, 0.15) is 5.69 Å². The van der Waals surface area contributed by atoms with Crippen molar-refractivity contribution in [3.05, 3.63) is 76.3 Å². The fraction of sp³-hybridized carbons (Fsp3) is 0.320. The zero-order valence-corrected chi connectivity index (χ0v) is 17.4. The van der Waals surface area contributed by atoms with E-state index < -0.39 is 0 Å². The highest BCUT2D eigenvalue weighted by Crippen LogP contribution is 2.62. The molecule has 0 bridgehead atoms. The summed E-state index contributed by atoms with van der Waals surface area (Å²) in [6.07, 6.45) is 4.16. The Hall–Kier alpha value is -3.41. The largest absolute Gasteiger partial charge is 0.348 e. The quantitative estimate of drug-likeness (QED) is 0.536. The molecule has 0 unspecified atom stereocenters. The van der Waals surface area contributed by atoms with Crippen LogP contribution in [0.15, 0.2) is 59.4 Å². The molecule has 6 rings (SSSR count). The molecule has 1 spiro atoms. The molecule has 6 heteroatoms. The van der Waals surface area contributed by atoms with E-state index in [-0.39, 0.29) is 17.5 Å². The number of rotatable bonds is 3. The summed E-state index contributed by atoms with van der Waals surface area (Å²) in [6, 6.07) is 17.9. The van der Waals surface area contributed by atoms with E-state index >= 15 is 0 Å². The monoisotopic (exact) mass is 412 g/mol. The zero-order valence-electron chi connectivity index (χ0n) is 17.4. The van der Waals surface area contributed by atoms with Crippen molar-refractivity contribution in [2.75, 3.05) is 0 Å². The van der Waals surface area contributed by atoms with E-state index in [4.69, 9.17) is 0 Å². The third-order valence-corrected chi connectivity index (χ3v) is 7.35. The molecule has 0 aliphatic heterocycles. The van der Waals surface area contributed by atoms with Crippen LogP contribution in [-0.4, -0.2) is 26.7 Å². The normalized spacial score (nSPS) is 24.8. The number of aromatic nitrogens is 3. The molecule has 31 heavy (non-hydrogen) atoms. The van der Waals surface area contributed by atoms with E-state index in [1.54, 1.807) is 0 Å². The third-order valence-electron chi connectivity index (χ3n) is 7.35. The summed E-state index contributed by atoms with van der Waals surface area (Å²) in [6.45, 7) is 0. The van der Waals surface area contributed by atoms with Gasteiger partial charge >= 0.3 is 0 Å². The second-order valence-corrected chi connectivity index (χ2v) is 9.31. The van der Waals surface area contributed by atoms with Crippen molar-refractivity contribution in [2.24, 2.45) is 12.5 Å². The molecule has 2 aliphatic rings. The third kappa shape index (κ3) is 2.81. The Labute approximate surface area is 179 Å². The van der Waals surface area contributed by atoms with Crippen molar-refractivity contribution in [1.29, 1.82) is 0 Å². The predicted molar refractivity (Wildman–Crippen MR) is 120 cm³/mol. The first-order valence-electron chi connectivity index (χ1n) is 10.9. The molecule has 2 aromatic carbocycles. The van der Waals surface area contributed by atoms with Gasteiger partial charge in [-0.3, -0.25) is 9.59 Å². The van der Waals surface area contributed by atoms with Gasteiger partial charge in [0.05, 0.1) is 11.1 Å². The Kier molecular flexibility index (Phi) is 3.88. The molecular weight excluding hydrogens is 388 g/mol. The maximum Gasteiger partial charge on any atom is 0.272 e. The van der Waals surface area contributed by atoms with Gasteiger partial charge in [0.25, 0.3) is 11.5 Å². The topological polar surface area (TPSA) is 79.8 Å². The van der Waals surface area contributed by atoms with E-state index in [0.717, 1.165) is 47.7 Å². The fourth-order valence-electron chi connectivity index (χ4n) is 5.81. The van der Waals surface area contributed by atoms with E-state index in [1.165, 1.54) is 0 Å². The van der Waals surface area contributed by atoms with Crippen LogP contribution >= 0.6 is 0 Å². The number of hydrogen-bond acceptors (Lipinski definition) is 3. The highest BCUT2D eigenvalue weighted by atomic mass is 16.2. The molecule has 1 amide bonds. The number of amides is 1. The molecule has 2 aliphatic carbocycles. The number of aryl methyl sites for hydroxylation is 1. The second-order valence-electron chi connectivity index (χ2n) is 9.31. The van der Waals surface area contributed by atoms with E-state index in [9.17, 15) is 9.59 Å². The van der Waals surface area contributed by atoms with Crippen molar-refractivity contribution in [1.82, 2.24) is 20.1 Å². The van der Waals surface area contributed by atoms with Crippen LogP contribution in [0.2, 0.25) is 0 Å². The van der Waals surface area contributed by atoms with Crippen molar-refractivity contribution in [3.63, 3.8) is 0 Å². The van der Waals surface area contributed by atoms with Crippen LogP contribution in [0.1, 0.15) is 47.8 Å². The minimum absolute atomic E-state index is 0.00252. The summed E-state index contributed by atoms with van der Waals surface area (Å²) in [5, 5.41) is 13.0. The molecule has 2 fully saturated rings. The fourth-order valence-corrected chi connectivity index (χ4v) is 5.81. The molecule has 0 atom stereocenters. The Morgan fingerprint density at radius 1 is 1.06 bits per heavy atom. The number of para-hydroxylation sites is 1. The maximum absolute atomic E-state index is 12.8. The van der Waals surface area contributed by atoms with E-state index in [1.807, 2.05) is 66.2 Å². The molecule has 2 N–H and O–H groups in total. The molecule has 2 aromatic heterocycles. The lowest BCUT2D eigenvalue weighted by molar-refractivity contribution is -0.0197. The van der Waals surface area contributed by atoms with Gasteiger partial charge in [-0.1, -0.05) is 36.4 Å². The molecule has 156 valence electrons. The summed E-state index contributed by atoms with van der Waals surface area (Å²) in [4.78, 5) is 24.9. The van der Waals surface area contributed by atoms with Crippen LogP contribution in [0, 0.1) is 5.41 Å². The van der Waals surface area contributed by atoms with Crippen LogP contribution in [0.4, 0.5) is 0 Å². The first-order valence-corrected chi connectivity index (χ1v) is 10.9. The second kappa shape index (κ2) is 6.54. The highest BCUT2D eigenvalue weighted by Gasteiger charge is 2.54. The number of benzene rings is 2.